The molecule has 7 nitrogen and oxygen atoms in total. The summed E-state index contributed by atoms with van der Waals surface area (Å²) in [5, 5.41) is 6.30. The number of anilines is 3. The minimum absolute atomic E-state index is 0. The summed E-state index contributed by atoms with van der Waals surface area (Å²) in [5.74, 6) is 1.10. The molecule has 0 saturated heterocycles. The molecular formula is C26H32FN5O2S2. The molecule has 3 aromatic rings. The van der Waals surface area contributed by atoms with E-state index in [-0.39, 0.29) is 56.8 Å². The van der Waals surface area contributed by atoms with Gasteiger partial charge in [0.05, 0.1) is 12.3 Å². The average molecular weight is 530 g/mol. The van der Waals surface area contributed by atoms with Crippen LogP contribution in [0.2, 0.25) is 0 Å². The predicted molar refractivity (Wildman–Crippen MR) is 150 cm³/mol. The fraction of sp³-hybridized carbons (Fsp3) is 0.346. The molecule has 0 fully saturated rings. The fourth-order valence-corrected chi connectivity index (χ4v) is 4.80. The third-order valence-electron chi connectivity index (χ3n) is 6.49. The van der Waals surface area contributed by atoms with Crippen molar-refractivity contribution in [2.45, 2.75) is 46.1 Å². The van der Waals surface area contributed by atoms with Gasteiger partial charge in [0.25, 0.3) is 0 Å². The van der Waals surface area contributed by atoms with E-state index in [1.807, 2.05) is 32.7 Å². The Morgan fingerprint density at radius 3 is 2.58 bits per heavy atom. The summed E-state index contributed by atoms with van der Waals surface area (Å²) in [6.45, 7) is 6.99. The van der Waals surface area contributed by atoms with E-state index in [1.54, 1.807) is 12.1 Å². The van der Waals surface area contributed by atoms with Gasteiger partial charge in [-0.25, -0.2) is 9.37 Å². The molecule has 0 aliphatic carbocycles. The molecule has 2 aliphatic heterocycles. The number of nitrogens with zero attached hydrogens (tertiary/aromatic N) is 3. The highest BCUT2D eigenvalue weighted by Crippen LogP contribution is 2.37. The highest BCUT2D eigenvalue weighted by atomic mass is 32.1. The Labute approximate surface area is 224 Å². The van der Waals surface area contributed by atoms with Crippen LogP contribution >= 0.6 is 27.0 Å². The number of halogens is 1. The minimum Gasteiger partial charge on any atom is -0.364 e. The van der Waals surface area contributed by atoms with Gasteiger partial charge in [0, 0.05) is 13.6 Å². The second-order valence-corrected chi connectivity index (χ2v) is 9.25. The fourth-order valence-electron chi connectivity index (χ4n) is 4.80. The van der Waals surface area contributed by atoms with Gasteiger partial charge in [-0.1, -0.05) is 44.2 Å². The van der Waals surface area contributed by atoms with Crippen molar-refractivity contribution in [3.63, 3.8) is 0 Å². The lowest BCUT2D eigenvalue weighted by Gasteiger charge is -2.36. The third kappa shape index (κ3) is 5.16. The van der Waals surface area contributed by atoms with Crippen LogP contribution in [-0.2, 0) is 22.7 Å². The standard InChI is InChI=1S/C26H28FN5O2.2H2S/c1-14(2)22-25(33)30-21-15(3)29-26(31-24(21)32(22)4)28-12-16-5-10-20-18(11-16)13-34-23(20)17-6-8-19(27)9-7-17;;/h5-11,14,22-23H,12-13H2,1-4H3,(H,30,33)(H,28,29,31);2*1H2/t22-,23-;;/m0../s1. The zero-order chi connectivity index (χ0) is 24.0. The summed E-state index contributed by atoms with van der Waals surface area (Å²) >= 11 is 0. The molecule has 0 bridgehead atoms. The van der Waals surface area contributed by atoms with Crippen LogP contribution in [0.4, 0.5) is 21.8 Å². The molecule has 0 radical (unpaired) electrons. The van der Waals surface area contributed by atoms with E-state index < -0.39 is 0 Å². The topological polar surface area (TPSA) is 79.4 Å². The molecule has 192 valence electrons. The summed E-state index contributed by atoms with van der Waals surface area (Å²) in [4.78, 5) is 23.7. The number of likely N-dealkylation sites (N-methyl/N-ethyl adjacent to an activating group) is 1. The van der Waals surface area contributed by atoms with E-state index >= 15 is 0 Å². The zero-order valence-electron chi connectivity index (χ0n) is 20.7. The van der Waals surface area contributed by atoms with Crippen molar-refractivity contribution in [2.75, 3.05) is 22.6 Å². The maximum atomic E-state index is 13.3. The number of carbonyl (C=O) groups excluding carboxylic acids is 1. The lowest BCUT2D eigenvalue weighted by Crippen LogP contribution is -2.49. The van der Waals surface area contributed by atoms with Crippen molar-refractivity contribution in [3.05, 3.63) is 76.2 Å². The molecule has 1 amide bonds. The number of aromatic nitrogens is 2. The van der Waals surface area contributed by atoms with Crippen molar-refractivity contribution in [3.8, 4) is 0 Å². The number of nitrogens with one attached hydrogen (secondary N) is 2. The van der Waals surface area contributed by atoms with Gasteiger partial charge in [0.15, 0.2) is 5.82 Å². The first-order valence-electron chi connectivity index (χ1n) is 11.5. The Bertz CT molecular complexity index is 1260. The van der Waals surface area contributed by atoms with Gasteiger partial charge in [-0.15, -0.1) is 0 Å². The molecule has 2 atom stereocenters. The van der Waals surface area contributed by atoms with E-state index in [0.29, 0.717) is 24.8 Å². The molecule has 0 spiro atoms. The number of hydrogen-bond acceptors (Lipinski definition) is 6. The number of hydrogen-bond donors (Lipinski definition) is 2. The zero-order valence-corrected chi connectivity index (χ0v) is 22.7. The van der Waals surface area contributed by atoms with Crippen LogP contribution in [0.1, 0.15) is 47.9 Å². The second kappa shape index (κ2) is 11.1. The summed E-state index contributed by atoms with van der Waals surface area (Å²) in [6, 6.07) is 12.4. The van der Waals surface area contributed by atoms with Gasteiger partial charge < -0.3 is 20.3 Å². The number of rotatable bonds is 5. The molecule has 0 saturated carbocycles. The van der Waals surface area contributed by atoms with Crippen LogP contribution in [-0.4, -0.2) is 29.0 Å². The van der Waals surface area contributed by atoms with E-state index in [2.05, 4.69) is 33.8 Å². The lowest BCUT2D eigenvalue weighted by molar-refractivity contribution is -0.118. The van der Waals surface area contributed by atoms with Crippen LogP contribution < -0.4 is 15.5 Å². The number of amides is 1. The van der Waals surface area contributed by atoms with E-state index in [4.69, 9.17) is 9.72 Å². The van der Waals surface area contributed by atoms with Crippen LogP contribution in [0.25, 0.3) is 0 Å². The Kier molecular flexibility index (Phi) is 8.53. The van der Waals surface area contributed by atoms with Gasteiger partial charge in [0.2, 0.25) is 11.9 Å². The van der Waals surface area contributed by atoms with Crippen LogP contribution in [0.5, 0.6) is 0 Å². The van der Waals surface area contributed by atoms with Crippen LogP contribution in [0.3, 0.4) is 0 Å². The summed E-state index contributed by atoms with van der Waals surface area (Å²) < 4.78 is 19.3. The van der Waals surface area contributed by atoms with Crippen molar-refractivity contribution in [1.29, 1.82) is 0 Å². The second-order valence-electron chi connectivity index (χ2n) is 9.25. The number of carbonyl (C=O) groups is 1. The quantitative estimate of drug-likeness (QED) is 0.495. The Hall–Kier alpha value is -2.82. The molecule has 10 heteroatoms. The molecule has 0 unspecified atom stereocenters. The molecule has 2 N–H and O–H groups in total. The van der Waals surface area contributed by atoms with Gasteiger partial charge in [-0.05, 0) is 47.2 Å². The molecule has 5 rings (SSSR count). The SMILES string of the molecule is Cc1nc(NCc2ccc3c(c2)CO[C@H]3c2ccc(F)cc2)nc2c1NC(=O)[C@H](C(C)C)N2C.S.S. The van der Waals surface area contributed by atoms with Crippen molar-refractivity contribution < 1.29 is 13.9 Å². The van der Waals surface area contributed by atoms with Crippen LogP contribution in [0, 0.1) is 18.7 Å². The average Bonchev–Trinajstić information content (AvgIpc) is 3.22. The summed E-state index contributed by atoms with van der Waals surface area (Å²) in [6.07, 6.45) is -0.177. The first kappa shape index (κ1) is 27.8. The van der Waals surface area contributed by atoms with E-state index in [9.17, 15) is 9.18 Å². The Morgan fingerprint density at radius 1 is 1.17 bits per heavy atom. The summed E-state index contributed by atoms with van der Waals surface area (Å²) in [7, 11) is 1.90. The number of benzene rings is 2. The highest BCUT2D eigenvalue weighted by molar-refractivity contribution is 7.59. The maximum Gasteiger partial charge on any atom is 0.247 e. The monoisotopic (exact) mass is 529 g/mol. The van der Waals surface area contributed by atoms with Crippen LogP contribution in [0.15, 0.2) is 42.5 Å². The van der Waals surface area contributed by atoms with Crippen molar-refractivity contribution in [2.24, 2.45) is 5.92 Å². The molecule has 2 aromatic carbocycles. The number of fused-ring (bicyclic) bond motifs is 2. The molecule has 2 aliphatic rings. The van der Waals surface area contributed by atoms with Gasteiger partial charge in [0.1, 0.15) is 23.7 Å². The summed E-state index contributed by atoms with van der Waals surface area (Å²) in [5.41, 5.74) is 5.64. The van der Waals surface area contributed by atoms with Gasteiger partial charge >= 0.3 is 0 Å². The molecule has 36 heavy (non-hydrogen) atoms. The first-order chi connectivity index (χ1) is 16.3. The maximum absolute atomic E-state index is 13.3. The first-order valence-corrected chi connectivity index (χ1v) is 11.5. The minimum atomic E-state index is -0.277. The highest BCUT2D eigenvalue weighted by Gasteiger charge is 2.35. The molecule has 1 aromatic heterocycles. The lowest BCUT2D eigenvalue weighted by atomic mass is 9.97. The van der Waals surface area contributed by atoms with E-state index in [1.165, 1.54) is 12.1 Å². The smallest absolute Gasteiger partial charge is 0.247 e. The Balaban J connectivity index is 0.00000180. The van der Waals surface area contributed by atoms with Gasteiger partial charge in [-0.2, -0.15) is 32.0 Å². The predicted octanol–water partition coefficient (Wildman–Crippen LogP) is 4.79. The van der Waals surface area contributed by atoms with Crippen molar-refractivity contribution in [1.82, 2.24) is 9.97 Å². The van der Waals surface area contributed by atoms with E-state index in [0.717, 1.165) is 33.8 Å². The largest absolute Gasteiger partial charge is 0.364 e. The van der Waals surface area contributed by atoms with Crippen molar-refractivity contribution >= 4 is 50.4 Å². The molecular weight excluding hydrogens is 497 g/mol. The number of ether oxygens (including phenoxy) is 1. The van der Waals surface area contributed by atoms with Gasteiger partial charge in [-0.3, -0.25) is 4.79 Å². The normalized spacial score (nSPS) is 18.1. The number of aryl methyl sites for hydroxylation is 1. The molecule has 3 heterocycles. The third-order valence-corrected chi connectivity index (χ3v) is 6.49. The Morgan fingerprint density at radius 2 is 1.89 bits per heavy atom.